The fraction of sp³-hybridized carbons (Fsp3) is 0.111. The lowest BCUT2D eigenvalue weighted by Gasteiger charge is -2.01. The second kappa shape index (κ2) is 4.35. The molecule has 78 valence electrons. The van der Waals surface area contributed by atoms with E-state index in [0.717, 1.165) is 11.3 Å². The van der Waals surface area contributed by atoms with Crippen LogP contribution in [0.3, 0.4) is 0 Å². The zero-order chi connectivity index (χ0) is 10.8. The first-order valence-electron chi connectivity index (χ1n) is 4.16. The maximum atomic E-state index is 6.03. The van der Waals surface area contributed by atoms with Gasteiger partial charge >= 0.3 is 0 Å². The molecule has 3 nitrogen and oxygen atoms in total. The van der Waals surface area contributed by atoms with Crippen molar-refractivity contribution >= 4 is 40.5 Å². The number of thiophene rings is 1. The molecule has 2 heterocycles. The number of halogens is 2. The summed E-state index contributed by atoms with van der Waals surface area (Å²) in [6.07, 6.45) is 1.68. The summed E-state index contributed by atoms with van der Waals surface area (Å²) in [6.45, 7) is 0. The summed E-state index contributed by atoms with van der Waals surface area (Å²) in [4.78, 5) is 8.30. The van der Waals surface area contributed by atoms with Crippen molar-refractivity contribution in [2.24, 2.45) is 0 Å². The van der Waals surface area contributed by atoms with Crippen LogP contribution in [0.1, 0.15) is 0 Å². The van der Waals surface area contributed by atoms with Crippen LogP contribution in [0.5, 0.6) is 0 Å². The topological polar surface area (TPSA) is 37.8 Å². The molecule has 0 bridgehead atoms. The Morgan fingerprint density at radius 3 is 2.80 bits per heavy atom. The lowest BCUT2D eigenvalue weighted by atomic mass is 10.2. The van der Waals surface area contributed by atoms with E-state index in [2.05, 4.69) is 15.3 Å². The minimum Gasteiger partial charge on any atom is -0.357 e. The van der Waals surface area contributed by atoms with Crippen LogP contribution >= 0.6 is 34.5 Å². The van der Waals surface area contributed by atoms with Gasteiger partial charge in [-0.05, 0) is 12.1 Å². The summed E-state index contributed by atoms with van der Waals surface area (Å²) < 4.78 is 1.29. The van der Waals surface area contributed by atoms with Crippen molar-refractivity contribution in [1.82, 2.24) is 9.97 Å². The zero-order valence-corrected chi connectivity index (χ0v) is 10.1. The first-order valence-corrected chi connectivity index (χ1v) is 5.74. The minimum atomic E-state index is 0.561. The van der Waals surface area contributed by atoms with Crippen LogP contribution in [0, 0.1) is 0 Å². The summed E-state index contributed by atoms with van der Waals surface area (Å²) in [5.41, 5.74) is 1.60. The van der Waals surface area contributed by atoms with Crippen LogP contribution in [0.4, 0.5) is 5.95 Å². The molecule has 0 aliphatic carbocycles. The smallest absolute Gasteiger partial charge is 0.222 e. The molecule has 2 rings (SSSR count). The third-order valence-corrected chi connectivity index (χ3v) is 3.30. The third-order valence-electron chi connectivity index (χ3n) is 1.81. The lowest BCUT2D eigenvalue weighted by molar-refractivity contribution is 1.16. The highest BCUT2D eigenvalue weighted by molar-refractivity contribution is 7.20. The first-order chi connectivity index (χ1) is 7.20. The van der Waals surface area contributed by atoms with Crippen LogP contribution in [0.2, 0.25) is 8.67 Å². The van der Waals surface area contributed by atoms with Crippen molar-refractivity contribution in [3.63, 3.8) is 0 Å². The van der Waals surface area contributed by atoms with Gasteiger partial charge in [0.2, 0.25) is 5.95 Å². The molecule has 0 spiro atoms. The lowest BCUT2D eigenvalue weighted by Crippen LogP contribution is -1.96. The van der Waals surface area contributed by atoms with E-state index in [1.165, 1.54) is 11.3 Å². The van der Waals surface area contributed by atoms with E-state index in [4.69, 9.17) is 23.2 Å². The maximum Gasteiger partial charge on any atom is 0.222 e. The minimum absolute atomic E-state index is 0.561. The molecule has 0 aliphatic rings. The van der Waals surface area contributed by atoms with Crippen molar-refractivity contribution in [3.05, 3.63) is 27.0 Å². The number of nitrogens with one attached hydrogen (secondary N) is 1. The monoisotopic (exact) mass is 259 g/mol. The van der Waals surface area contributed by atoms with Crippen LogP contribution in [-0.2, 0) is 0 Å². The number of nitrogens with zero attached hydrogens (tertiary/aromatic N) is 2. The molecule has 0 aliphatic heterocycles. The van der Waals surface area contributed by atoms with Gasteiger partial charge in [0.1, 0.15) is 4.34 Å². The molecule has 1 N–H and O–H groups in total. The summed E-state index contributed by atoms with van der Waals surface area (Å²) in [6, 6.07) is 3.60. The van der Waals surface area contributed by atoms with Crippen molar-refractivity contribution in [1.29, 1.82) is 0 Å². The number of hydrogen-bond donors (Lipinski definition) is 1. The van der Waals surface area contributed by atoms with Gasteiger partial charge in [-0.2, -0.15) is 0 Å². The molecule has 0 saturated heterocycles. The number of aromatic nitrogens is 2. The Kier molecular flexibility index (Phi) is 3.09. The molecule has 0 aromatic carbocycles. The first kappa shape index (κ1) is 10.7. The van der Waals surface area contributed by atoms with Gasteiger partial charge < -0.3 is 5.32 Å². The Hall–Kier alpha value is -0.840. The second-order valence-corrected chi connectivity index (χ2v) is 5.04. The average molecular weight is 260 g/mol. The SMILES string of the molecule is CNc1nccc(-c2cc(Cl)sc2Cl)n1. The molecule has 2 aromatic rings. The van der Waals surface area contributed by atoms with E-state index < -0.39 is 0 Å². The number of hydrogen-bond acceptors (Lipinski definition) is 4. The summed E-state index contributed by atoms with van der Waals surface area (Å²) in [5.74, 6) is 0.561. The van der Waals surface area contributed by atoms with E-state index in [-0.39, 0.29) is 0 Å². The number of anilines is 1. The van der Waals surface area contributed by atoms with Crippen LogP contribution < -0.4 is 5.32 Å². The van der Waals surface area contributed by atoms with Gasteiger partial charge in [0.15, 0.2) is 0 Å². The van der Waals surface area contributed by atoms with E-state index >= 15 is 0 Å². The highest BCUT2D eigenvalue weighted by Gasteiger charge is 2.09. The quantitative estimate of drug-likeness (QED) is 0.897. The average Bonchev–Trinajstić information content (AvgIpc) is 2.58. The molecular formula is C9H7Cl2N3S. The number of rotatable bonds is 2. The standard InChI is InChI=1S/C9H7Cl2N3S/c1-12-9-13-3-2-6(14-9)5-4-7(10)15-8(5)11/h2-4H,1H3,(H,12,13,14). The Balaban J connectivity index is 2.49. The normalized spacial score (nSPS) is 10.3. The van der Waals surface area contributed by atoms with Gasteiger partial charge in [0, 0.05) is 18.8 Å². The molecule has 0 radical (unpaired) electrons. The van der Waals surface area contributed by atoms with Gasteiger partial charge in [-0.25, -0.2) is 9.97 Å². The van der Waals surface area contributed by atoms with Crippen LogP contribution in [-0.4, -0.2) is 17.0 Å². The Morgan fingerprint density at radius 1 is 1.40 bits per heavy atom. The van der Waals surface area contributed by atoms with E-state index in [1.54, 1.807) is 25.4 Å². The zero-order valence-electron chi connectivity index (χ0n) is 7.79. The molecule has 0 atom stereocenters. The van der Waals surface area contributed by atoms with Gasteiger partial charge in [-0.1, -0.05) is 23.2 Å². The van der Waals surface area contributed by atoms with Crippen LogP contribution in [0.15, 0.2) is 18.3 Å². The third kappa shape index (κ3) is 2.22. The molecule has 0 saturated carbocycles. The molecule has 0 fully saturated rings. The molecule has 0 unspecified atom stereocenters. The van der Waals surface area contributed by atoms with Crippen molar-refractivity contribution in [2.45, 2.75) is 0 Å². The molecule has 15 heavy (non-hydrogen) atoms. The summed E-state index contributed by atoms with van der Waals surface area (Å²) in [5, 5.41) is 2.87. The fourth-order valence-corrected chi connectivity index (χ4v) is 2.63. The predicted molar refractivity (Wildman–Crippen MR) is 64.9 cm³/mol. The molecular weight excluding hydrogens is 253 g/mol. The molecule has 6 heteroatoms. The van der Waals surface area contributed by atoms with Gasteiger partial charge in [0.25, 0.3) is 0 Å². The fourth-order valence-electron chi connectivity index (χ4n) is 1.14. The molecule has 2 aromatic heterocycles. The summed E-state index contributed by atoms with van der Waals surface area (Å²) >= 11 is 13.2. The Bertz CT molecular complexity index is 484. The van der Waals surface area contributed by atoms with Crippen molar-refractivity contribution in [2.75, 3.05) is 12.4 Å². The predicted octanol–water partition coefficient (Wildman–Crippen LogP) is 3.55. The highest BCUT2D eigenvalue weighted by atomic mass is 35.5. The van der Waals surface area contributed by atoms with E-state index in [0.29, 0.717) is 14.6 Å². The highest BCUT2D eigenvalue weighted by Crippen LogP contribution is 2.37. The molecule has 0 amide bonds. The van der Waals surface area contributed by atoms with E-state index in [1.807, 2.05) is 0 Å². The van der Waals surface area contributed by atoms with Crippen LogP contribution in [0.25, 0.3) is 11.3 Å². The maximum absolute atomic E-state index is 6.03. The van der Waals surface area contributed by atoms with Crippen molar-refractivity contribution < 1.29 is 0 Å². The van der Waals surface area contributed by atoms with Gasteiger partial charge in [0.05, 0.1) is 10.0 Å². The second-order valence-electron chi connectivity index (χ2n) is 2.75. The van der Waals surface area contributed by atoms with Gasteiger partial charge in [-0.15, -0.1) is 11.3 Å². The summed E-state index contributed by atoms with van der Waals surface area (Å²) in [7, 11) is 1.77. The van der Waals surface area contributed by atoms with Crippen molar-refractivity contribution in [3.8, 4) is 11.3 Å². The Labute approximate surface area is 101 Å². The van der Waals surface area contributed by atoms with E-state index in [9.17, 15) is 0 Å². The Morgan fingerprint density at radius 2 is 2.20 bits per heavy atom. The largest absolute Gasteiger partial charge is 0.357 e. The van der Waals surface area contributed by atoms with Gasteiger partial charge in [-0.3, -0.25) is 0 Å².